The highest BCUT2D eigenvalue weighted by molar-refractivity contribution is 6.46. The van der Waals surface area contributed by atoms with Gasteiger partial charge in [-0.3, -0.25) is 9.59 Å². The smallest absolute Gasteiger partial charge is 0.464 e. The Balaban J connectivity index is 1.69. The normalized spacial score (nSPS) is 11.8. The second-order valence-corrected chi connectivity index (χ2v) is 6.11. The van der Waals surface area contributed by atoms with Crippen LogP contribution in [0.2, 0.25) is 5.15 Å². The van der Waals surface area contributed by atoms with Gasteiger partial charge in [-0.1, -0.05) is 29.8 Å². The Morgan fingerprint density at radius 3 is 2.70 bits per heavy atom. The van der Waals surface area contributed by atoms with Crippen LogP contribution in [0.25, 0.3) is 11.0 Å². The molecule has 3 rings (SSSR count). The summed E-state index contributed by atoms with van der Waals surface area (Å²) in [6.07, 6.45) is 2.97. The molecule has 0 fully saturated rings. The van der Waals surface area contributed by atoms with Gasteiger partial charge in [-0.05, 0) is 30.2 Å². The van der Waals surface area contributed by atoms with E-state index in [0.717, 1.165) is 5.39 Å². The molecule has 0 spiro atoms. The summed E-state index contributed by atoms with van der Waals surface area (Å²) in [7, 11) is -1.88. The Hall–Kier alpha value is -2.88. The average Bonchev–Trinajstić information content (AvgIpc) is 3.06. The fourth-order valence-electron chi connectivity index (χ4n) is 2.55. The lowest BCUT2D eigenvalue weighted by Gasteiger charge is -2.17. The molecule has 2 heterocycles. The van der Waals surface area contributed by atoms with Crippen molar-refractivity contribution in [1.82, 2.24) is 10.3 Å². The minimum atomic E-state index is -1.88. The predicted octanol–water partition coefficient (Wildman–Crippen LogP) is 1.16. The topological polar surface area (TPSA) is 125 Å². The molecule has 1 atom stereocenters. The number of halogens is 1. The Morgan fingerprint density at radius 1 is 1.19 bits per heavy atom. The summed E-state index contributed by atoms with van der Waals surface area (Å²) in [5, 5.41) is 24.6. The van der Waals surface area contributed by atoms with Crippen LogP contribution in [-0.4, -0.2) is 39.9 Å². The van der Waals surface area contributed by atoms with Crippen LogP contribution in [0.4, 0.5) is 5.69 Å². The third-order valence-electron chi connectivity index (χ3n) is 3.89. The van der Waals surface area contributed by atoms with E-state index in [9.17, 15) is 19.6 Å². The minimum Gasteiger partial charge on any atom is -0.464 e. The molecule has 0 aliphatic rings. The monoisotopic (exact) mass is 387 g/mol. The van der Waals surface area contributed by atoms with Crippen LogP contribution in [0, 0.1) is 0 Å². The average molecular weight is 388 g/mol. The van der Waals surface area contributed by atoms with Crippen molar-refractivity contribution in [3.05, 3.63) is 59.6 Å². The van der Waals surface area contributed by atoms with Crippen molar-refractivity contribution < 1.29 is 24.1 Å². The number of carbonyl (C=O) groups excluding carboxylic acids is 2. The Labute approximate surface area is 159 Å². The highest BCUT2D eigenvalue weighted by atomic mass is 35.5. The standard InChI is InChI=1S/C17H15BClN3O5/c19-15-12(5-3-7-20-15)21-16(23)17(24)22-14(18(25)26)8-10-9-27-13-6-2-1-4-11(10)13/h1-7,9,14,25-26H,8H2,(H,21,23)(H,22,24). The number of hydrogen-bond acceptors (Lipinski definition) is 6. The summed E-state index contributed by atoms with van der Waals surface area (Å²) in [5.74, 6) is -3.16. The molecule has 4 N–H and O–H groups in total. The van der Waals surface area contributed by atoms with E-state index in [1.165, 1.54) is 18.5 Å². The predicted molar refractivity (Wildman–Crippen MR) is 99.9 cm³/mol. The second kappa shape index (κ2) is 8.21. The number of pyridine rings is 1. The largest absolute Gasteiger partial charge is 0.475 e. The first-order valence-corrected chi connectivity index (χ1v) is 8.37. The first-order chi connectivity index (χ1) is 13.0. The molecule has 27 heavy (non-hydrogen) atoms. The lowest BCUT2D eigenvalue weighted by atomic mass is 9.76. The molecule has 138 valence electrons. The molecule has 8 nitrogen and oxygen atoms in total. The van der Waals surface area contributed by atoms with E-state index in [1.54, 1.807) is 12.1 Å². The van der Waals surface area contributed by atoms with E-state index in [1.807, 2.05) is 18.2 Å². The molecule has 0 saturated carbocycles. The summed E-state index contributed by atoms with van der Waals surface area (Å²) in [6.45, 7) is 0. The van der Waals surface area contributed by atoms with Crippen molar-refractivity contribution in [2.24, 2.45) is 0 Å². The molecule has 2 aromatic heterocycles. The number of aromatic nitrogens is 1. The van der Waals surface area contributed by atoms with Crippen LogP contribution in [0.15, 0.2) is 53.3 Å². The Bertz CT molecular complexity index is 978. The molecule has 2 amide bonds. The highest BCUT2D eigenvalue weighted by Gasteiger charge is 2.29. The Morgan fingerprint density at radius 2 is 1.96 bits per heavy atom. The van der Waals surface area contributed by atoms with Gasteiger partial charge in [0.1, 0.15) is 5.58 Å². The molecule has 1 unspecified atom stereocenters. The van der Waals surface area contributed by atoms with E-state index < -0.39 is 24.9 Å². The zero-order valence-electron chi connectivity index (χ0n) is 13.9. The number of benzene rings is 1. The number of hydrogen-bond donors (Lipinski definition) is 4. The zero-order chi connectivity index (χ0) is 19.4. The van der Waals surface area contributed by atoms with Crippen molar-refractivity contribution in [1.29, 1.82) is 0 Å². The van der Waals surface area contributed by atoms with E-state index in [2.05, 4.69) is 15.6 Å². The minimum absolute atomic E-state index is 0.0299. The van der Waals surface area contributed by atoms with Gasteiger partial charge in [0.15, 0.2) is 5.15 Å². The number of fused-ring (bicyclic) bond motifs is 1. The van der Waals surface area contributed by atoms with E-state index in [-0.39, 0.29) is 17.3 Å². The molecule has 0 bridgehead atoms. The van der Waals surface area contributed by atoms with Gasteiger partial charge in [-0.15, -0.1) is 0 Å². The van der Waals surface area contributed by atoms with Crippen molar-refractivity contribution in [3.8, 4) is 0 Å². The molecule has 10 heteroatoms. The van der Waals surface area contributed by atoms with E-state index in [0.29, 0.717) is 11.1 Å². The van der Waals surface area contributed by atoms with Crippen molar-refractivity contribution >= 4 is 47.2 Å². The lowest BCUT2D eigenvalue weighted by molar-refractivity contribution is -0.136. The summed E-state index contributed by atoms with van der Waals surface area (Å²) >= 11 is 5.83. The maximum Gasteiger partial charge on any atom is 0.475 e. The third kappa shape index (κ3) is 4.46. The van der Waals surface area contributed by atoms with Gasteiger partial charge in [0.05, 0.1) is 17.9 Å². The van der Waals surface area contributed by atoms with Gasteiger partial charge in [-0.2, -0.15) is 0 Å². The second-order valence-electron chi connectivity index (χ2n) is 5.75. The van der Waals surface area contributed by atoms with Gasteiger partial charge >= 0.3 is 18.9 Å². The maximum absolute atomic E-state index is 12.1. The van der Waals surface area contributed by atoms with Gasteiger partial charge in [0.2, 0.25) is 0 Å². The third-order valence-corrected chi connectivity index (χ3v) is 4.19. The quantitative estimate of drug-likeness (QED) is 0.296. The van der Waals surface area contributed by atoms with Crippen molar-refractivity contribution in [2.75, 3.05) is 5.32 Å². The summed E-state index contributed by atoms with van der Waals surface area (Å²) < 4.78 is 5.40. The number of para-hydroxylation sites is 1. The number of amides is 2. The number of carbonyl (C=O) groups is 2. The van der Waals surface area contributed by atoms with Crippen LogP contribution in [0.1, 0.15) is 5.56 Å². The molecular weight excluding hydrogens is 372 g/mol. The van der Waals surface area contributed by atoms with Gasteiger partial charge in [0, 0.05) is 11.6 Å². The van der Waals surface area contributed by atoms with Crippen LogP contribution >= 0.6 is 11.6 Å². The summed E-state index contributed by atoms with van der Waals surface area (Å²) in [5.41, 5.74) is 1.47. The Kier molecular flexibility index (Phi) is 5.75. The number of nitrogens with zero attached hydrogens (tertiary/aromatic N) is 1. The summed E-state index contributed by atoms with van der Waals surface area (Å²) in [4.78, 5) is 28.0. The lowest BCUT2D eigenvalue weighted by Crippen LogP contribution is -2.51. The highest BCUT2D eigenvalue weighted by Crippen LogP contribution is 2.22. The number of anilines is 1. The molecule has 0 aliphatic carbocycles. The number of nitrogens with one attached hydrogen (secondary N) is 2. The number of furan rings is 1. The maximum atomic E-state index is 12.1. The fraction of sp³-hybridized carbons (Fsp3) is 0.118. The molecule has 0 saturated heterocycles. The van der Waals surface area contributed by atoms with Crippen LogP contribution in [-0.2, 0) is 16.0 Å². The van der Waals surface area contributed by atoms with Crippen LogP contribution < -0.4 is 10.6 Å². The van der Waals surface area contributed by atoms with Gasteiger partial charge in [-0.25, -0.2) is 4.98 Å². The van der Waals surface area contributed by atoms with Crippen LogP contribution in [0.5, 0.6) is 0 Å². The number of rotatable bonds is 5. The van der Waals surface area contributed by atoms with Crippen LogP contribution in [0.3, 0.4) is 0 Å². The van der Waals surface area contributed by atoms with Crippen molar-refractivity contribution in [3.63, 3.8) is 0 Å². The van der Waals surface area contributed by atoms with Crippen molar-refractivity contribution in [2.45, 2.75) is 12.4 Å². The molecule has 0 aliphatic heterocycles. The first kappa shape index (κ1) is 18.9. The van der Waals surface area contributed by atoms with E-state index >= 15 is 0 Å². The molecule has 1 aromatic carbocycles. The zero-order valence-corrected chi connectivity index (χ0v) is 14.7. The van der Waals surface area contributed by atoms with Gasteiger partial charge < -0.3 is 25.1 Å². The molecule has 3 aromatic rings. The van der Waals surface area contributed by atoms with Gasteiger partial charge in [0.25, 0.3) is 0 Å². The first-order valence-electron chi connectivity index (χ1n) is 7.99. The molecule has 0 radical (unpaired) electrons. The fourth-order valence-corrected chi connectivity index (χ4v) is 2.72. The molecular formula is C17H15BClN3O5. The summed E-state index contributed by atoms with van der Waals surface area (Å²) in [6, 6.07) is 10.2. The SMILES string of the molecule is O=C(Nc1cccnc1Cl)C(=O)NC(Cc1coc2ccccc12)B(O)O. The van der Waals surface area contributed by atoms with E-state index in [4.69, 9.17) is 16.0 Å².